The Morgan fingerprint density at radius 2 is 1.95 bits per heavy atom. The van der Waals surface area contributed by atoms with Gasteiger partial charge in [0.15, 0.2) is 0 Å². The molecule has 1 aliphatic heterocycles. The average molecular weight is 415 g/mol. The van der Waals surface area contributed by atoms with Gasteiger partial charge in [-0.05, 0) is 35.9 Å². The molecule has 114 valence electrons. The topological polar surface area (TPSA) is 29.1 Å². The summed E-state index contributed by atoms with van der Waals surface area (Å²) < 4.78 is 1.29. The number of hydrogen-bond donors (Lipinski definition) is 1. The third kappa shape index (κ3) is 3.82. The molecule has 0 atom stereocenters. The Balaban J connectivity index is 1.79. The lowest BCUT2D eigenvalue weighted by Gasteiger charge is -2.12. The molecule has 0 aromatic heterocycles. The molecule has 1 amide bonds. The number of benzene rings is 2. The Morgan fingerprint density at radius 1 is 1.18 bits per heavy atom. The molecule has 0 radical (unpaired) electrons. The number of halogens is 2. The van der Waals surface area contributed by atoms with Crippen LogP contribution in [0.4, 0.5) is 5.69 Å². The highest BCUT2D eigenvalue weighted by molar-refractivity contribution is 9.10. The van der Waals surface area contributed by atoms with Crippen molar-refractivity contribution < 1.29 is 4.79 Å². The molecule has 2 aromatic carbocycles. The van der Waals surface area contributed by atoms with E-state index in [4.69, 9.17) is 11.6 Å². The van der Waals surface area contributed by atoms with E-state index in [2.05, 4.69) is 27.3 Å². The molecule has 1 fully saturated rings. The van der Waals surface area contributed by atoms with Gasteiger partial charge in [-0.25, -0.2) is 0 Å². The molecule has 0 spiro atoms. The minimum absolute atomic E-state index is 0.199. The summed E-state index contributed by atoms with van der Waals surface area (Å²) in [6.45, 7) is 0. The first-order valence-corrected chi connectivity index (χ1v) is 10.00. The second-order valence-corrected chi connectivity index (χ2v) is 8.82. The molecule has 2 nitrogen and oxygen atoms in total. The zero-order valence-corrected chi connectivity index (χ0v) is 15.5. The quantitative estimate of drug-likeness (QED) is 0.684. The van der Waals surface area contributed by atoms with Gasteiger partial charge in [-0.15, -0.1) is 23.5 Å². The number of thioether (sulfide) groups is 2. The van der Waals surface area contributed by atoms with Gasteiger partial charge in [-0.1, -0.05) is 39.7 Å². The van der Waals surface area contributed by atoms with Crippen molar-refractivity contribution in [1.82, 2.24) is 0 Å². The van der Waals surface area contributed by atoms with E-state index >= 15 is 0 Å². The maximum absolute atomic E-state index is 12.4. The van der Waals surface area contributed by atoms with E-state index in [1.165, 1.54) is 17.1 Å². The van der Waals surface area contributed by atoms with Crippen LogP contribution in [-0.2, 0) is 0 Å². The predicted molar refractivity (Wildman–Crippen MR) is 101 cm³/mol. The van der Waals surface area contributed by atoms with Gasteiger partial charge in [0.2, 0.25) is 0 Å². The van der Waals surface area contributed by atoms with E-state index in [1.54, 1.807) is 12.1 Å². The lowest BCUT2D eigenvalue weighted by molar-refractivity contribution is 0.102. The number of anilines is 1. The Kier molecular flexibility index (Phi) is 5.39. The molecule has 22 heavy (non-hydrogen) atoms. The van der Waals surface area contributed by atoms with Crippen molar-refractivity contribution in [3.63, 3.8) is 0 Å². The maximum Gasteiger partial charge on any atom is 0.257 e. The smallest absolute Gasteiger partial charge is 0.257 e. The number of carbonyl (C=O) groups excluding carboxylic acids is 1. The van der Waals surface area contributed by atoms with Crippen LogP contribution in [0.5, 0.6) is 0 Å². The van der Waals surface area contributed by atoms with Gasteiger partial charge in [-0.3, -0.25) is 4.79 Å². The first kappa shape index (κ1) is 16.2. The Bertz CT molecular complexity index is 704. The van der Waals surface area contributed by atoms with Crippen LogP contribution in [0.3, 0.4) is 0 Å². The lowest BCUT2D eigenvalue weighted by Crippen LogP contribution is -2.12. The standard InChI is InChI=1S/C16H13BrClNOS2/c17-11-4-5-14(18)13(9-11)15(20)19-12-3-1-2-10(8-12)16-21-6-7-22-16/h1-5,8-9,16H,6-7H2,(H,19,20). The first-order valence-electron chi connectivity index (χ1n) is 6.73. The highest BCUT2D eigenvalue weighted by Crippen LogP contribution is 2.45. The van der Waals surface area contributed by atoms with Gasteiger partial charge in [-0.2, -0.15) is 0 Å². The van der Waals surface area contributed by atoms with E-state index in [0.717, 1.165) is 10.2 Å². The molecule has 0 unspecified atom stereocenters. The van der Waals surface area contributed by atoms with Crippen LogP contribution in [-0.4, -0.2) is 17.4 Å². The highest BCUT2D eigenvalue weighted by Gasteiger charge is 2.19. The molecule has 1 N–H and O–H groups in total. The van der Waals surface area contributed by atoms with E-state index in [1.807, 2.05) is 47.8 Å². The van der Waals surface area contributed by atoms with Crippen LogP contribution in [0.2, 0.25) is 5.02 Å². The van der Waals surface area contributed by atoms with Crippen LogP contribution in [0.1, 0.15) is 20.5 Å². The van der Waals surface area contributed by atoms with Crippen molar-refractivity contribution in [2.45, 2.75) is 4.58 Å². The van der Waals surface area contributed by atoms with Gasteiger partial charge in [0.05, 0.1) is 15.2 Å². The van der Waals surface area contributed by atoms with Gasteiger partial charge in [0, 0.05) is 21.7 Å². The molecular weight excluding hydrogens is 402 g/mol. The number of amides is 1. The Hall–Kier alpha value is -0.620. The second-order valence-electron chi connectivity index (χ2n) is 4.78. The monoisotopic (exact) mass is 413 g/mol. The first-order chi connectivity index (χ1) is 10.6. The highest BCUT2D eigenvalue weighted by atomic mass is 79.9. The summed E-state index contributed by atoms with van der Waals surface area (Å²) in [6, 6.07) is 13.3. The minimum Gasteiger partial charge on any atom is -0.322 e. The fourth-order valence-corrected chi connectivity index (χ4v) is 5.59. The molecule has 2 aromatic rings. The number of nitrogens with one attached hydrogen (secondary N) is 1. The number of rotatable bonds is 3. The van der Waals surface area contributed by atoms with Crippen LogP contribution in [0.25, 0.3) is 0 Å². The SMILES string of the molecule is O=C(Nc1cccc(C2SCCS2)c1)c1cc(Br)ccc1Cl. The third-order valence-electron chi connectivity index (χ3n) is 3.21. The van der Waals surface area contributed by atoms with Crippen LogP contribution < -0.4 is 5.32 Å². The largest absolute Gasteiger partial charge is 0.322 e. The fourth-order valence-electron chi connectivity index (χ4n) is 2.18. The fraction of sp³-hybridized carbons (Fsp3) is 0.188. The minimum atomic E-state index is -0.199. The third-order valence-corrected chi connectivity index (χ3v) is 7.14. The van der Waals surface area contributed by atoms with E-state index in [0.29, 0.717) is 15.2 Å². The zero-order chi connectivity index (χ0) is 15.5. The Morgan fingerprint density at radius 3 is 2.73 bits per heavy atom. The summed E-state index contributed by atoms with van der Waals surface area (Å²) in [5.41, 5.74) is 2.50. The molecule has 6 heteroatoms. The number of hydrogen-bond acceptors (Lipinski definition) is 3. The van der Waals surface area contributed by atoms with Crippen molar-refractivity contribution in [2.24, 2.45) is 0 Å². The van der Waals surface area contributed by atoms with E-state index in [9.17, 15) is 4.79 Å². The molecule has 3 rings (SSSR count). The summed E-state index contributed by atoms with van der Waals surface area (Å²) in [7, 11) is 0. The second kappa shape index (κ2) is 7.30. The molecule has 1 saturated heterocycles. The number of carbonyl (C=O) groups is 1. The molecule has 0 bridgehead atoms. The van der Waals surface area contributed by atoms with Crippen LogP contribution >= 0.6 is 51.1 Å². The maximum atomic E-state index is 12.4. The average Bonchev–Trinajstić information content (AvgIpc) is 3.04. The lowest BCUT2D eigenvalue weighted by atomic mass is 10.2. The summed E-state index contributed by atoms with van der Waals surface area (Å²) in [5.74, 6) is 2.16. The Labute approximate surface area is 151 Å². The summed E-state index contributed by atoms with van der Waals surface area (Å²) >= 11 is 13.4. The van der Waals surface area contributed by atoms with Gasteiger partial charge < -0.3 is 5.32 Å². The van der Waals surface area contributed by atoms with Crippen molar-refractivity contribution in [3.05, 3.63) is 63.1 Å². The zero-order valence-electron chi connectivity index (χ0n) is 11.5. The predicted octanol–water partition coefficient (Wildman–Crippen LogP) is 5.83. The molecule has 0 saturated carbocycles. The van der Waals surface area contributed by atoms with E-state index < -0.39 is 0 Å². The van der Waals surface area contributed by atoms with Gasteiger partial charge in [0.1, 0.15) is 0 Å². The van der Waals surface area contributed by atoms with Crippen molar-refractivity contribution in [1.29, 1.82) is 0 Å². The van der Waals surface area contributed by atoms with Gasteiger partial charge in [0.25, 0.3) is 5.91 Å². The molecule has 1 aliphatic rings. The summed E-state index contributed by atoms with van der Waals surface area (Å²) in [5, 5.41) is 3.37. The van der Waals surface area contributed by atoms with Crippen molar-refractivity contribution in [2.75, 3.05) is 16.8 Å². The van der Waals surface area contributed by atoms with Crippen molar-refractivity contribution >= 4 is 62.6 Å². The molecule has 1 heterocycles. The van der Waals surface area contributed by atoms with Crippen LogP contribution in [0, 0.1) is 0 Å². The molecule has 0 aliphatic carbocycles. The normalized spacial score (nSPS) is 15.0. The summed E-state index contributed by atoms with van der Waals surface area (Å²) in [6.07, 6.45) is 0. The van der Waals surface area contributed by atoms with Crippen LogP contribution in [0.15, 0.2) is 46.9 Å². The summed E-state index contributed by atoms with van der Waals surface area (Å²) in [4.78, 5) is 12.4. The molecular formula is C16H13BrClNOS2. The van der Waals surface area contributed by atoms with Crippen molar-refractivity contribution in [3.8, 4) is 0 Å². The van der Waals surface area contributed by atoms with E-state index in [-0.39, 0.29) is 5.91 Å². The van der Waals surface area contributed by atoms with Gasteiger partial charge >= 0.3 is 0 Å².